The van der Waals surface area contributed by atoms with Crippen molar-refractivity contribution < 1.29 is 14.3 Å². The topological polar surface area (TPSA) is 61.9 Å². The first-order valence-electron chi connectivity index (χ1n) is 8.10. The third kappa shape index (κ3) is 3.74. The van der Waals surface area contributed by atoms with Crippen LogP contribution in [0.2, 0.25) is 0 Å². The van der Waals surface area contributed by atoms with E-state index in [0.717, 1.165) is 45.6 Å². The highest BCUT2D eigenvalue weighted by atomic mass is 16.5. The molecular weight excluding hydrogens is 270 g/mol. The van der Waals surface area contributed by atoms with E-state index in [-0.39, 0.29) is 24.0 Å². The molecule has 2 aliphatic rings. The van der Waals surface area contributed by atoms with Gasteiger partial charge in [-0.3, -0.25) is 14.5 Å². The second kappa shape index (κ2) is 7.75. The van der Waals surface area contributed by atoms with Gasteiger partial charge in [0, 0.05) is 26.2 Å². The maximum absolute atomic E-state index is 12.7. The molecule has 0 spiro atoms. The number of carbonyl (C=O) groups excluding carboxylic acids is 2. The Morgan fingerprint density at radius 3 is 2.57 bits per heavy atom. The Balaban J connectivity index is 2.04. The number of likely N-dealkylation sites (tertiary alicyclic amines) is 1. The molecule has 0 aromatic carbocycles. The Morgan fingerprint density at radius 2 is 1.95 bits per heavy atom. The summed E-state index contributed by atoms with van der Waals surface area (Å²) >= 11 is 0. The highest BCUT2D eigenvalue weighted by Gasteiger charge is 2.40. The Bertz CT molecular complexity index is 369. The van der Waals surface area contributed by atoms with Crippen LogP contribution in [0, 0.1) is 0 Å². The van der Waals surface area contributed by atoms with Crippen molar-refractivity contribution in [2.45, 2.75) is 45.2 Å². The van der Waals surface area contributed by atoms with Gasteiger partial charge in [-0.2, -0.15) is 0 Å². The van der Waals surface area contributed by atoms with Crippen LogP contribution in [-0.2, 0) is 14.3 Å². The number of amides is 1. The van der Waals surface area contributed by atoms with Crippen molar-refractivity contribution in [2.24, 2.45) is 0 Å². The van der Waals surface area contributed by atoms with Gasteiger partial charge in [0.1, 0.15) is 6.04 Å². The number of hydrogen-bond donors (Lipinski definition) is 1. The van der Waals surface area contributed by atoms with Crippen LogP contribution in [0.15, 0.2) is 0 Å². The lowest BCUT2D eigenvalue weighted by Gasteiger charge is -2.35. The zero-order chi connectivity index (χ0) is 15.2. The van der Waals surface area contributed by atoms with Crippen LogP contribution < -0.4 is 5.32 Å². The number of piperazine rings is 1. The molecule has 0 aromatic heterocycles. The normalized spacial score (nSPS) is 24.9. The van der Waals surface area contributed by atoms with Crippen LogP contribution in [0.4, 0.5) is 0 Å². The predicted molar refractivity (Wildman–Crippen MR) is 79.9 cm³/mol. The lowest BCUT2D eigenvalue weighted by Crippen LogP contribution is -2.55. The monoisotopic (exact) mass is 297 g/mol. The summed E-state index contributed by atoms with van der Waals surface area (Å²) in [6.45, 7) is 8.23. The van der Waals surface area contributed by atoms with Gasteiger partial charge in [0.2, 0.25) is 5.91 Å². The number of nitrogens with one attached hydrogen (secondary N) is 1. The van der Waals surface area contributed by atoms with Crippen LogP contribution in [0.5, 0.6) is 0 Å². The lowest BCUT2D eigenvalue weighted by atomic mass is 10.1. The predicted octanol–water partition coefficient (Wildman–Crippen LogP) is 0.224. The standard InChI is InChI=1S/C15H27N3O3/c1-3-12(15(20)21-4-2)18-9-5-6-13(18)14(19)17-10-7-16-8-11-17/h12-13,16H,3-11H2,1-2H3. The molecule has 0 bridgehead atoms. The van der Waals surface area contributed by atoms with Gasteiger partial charge in [-0.25, -0.2) is 0 Å². The lowest BCUT2D eigenvalue weighted by molar-refractivity contribution is -0.152. The molecule has 0 aliphatic carbocycles. The minimum Gasteiger partial charge on any atom is -0.465 e. The first kappa shape index (κ1) is 16.2. The molecule has 2 rings (SSSR count). The molecule has 0 saturated carbocycles. The second-order valence-electron chi connectivity index (χ2n) is 5.65. The van der Waals surface area contributed by atoms with Crippen molar-refractivity contribution in [1.29, 1.82) is 0 Å². The molecule has 2 unspecified atom stereocenters. The van der Waals surface area contributed by atoms with Crippen molar-refractivity contribution in [1.82, 2.24) is 15.1 Å². The fourth-order valence-electron chi connectivity index (χ4n) is 3.30. The third-order valence-corrected chi connectivity index (χ3v) is 4.35. The van der Waals surface area contributed by atoms with Gasteiger partial charge in [0.25, 0.3) is 0 Å². The zero-order valence-corrected chi connectivity index (χ0v) is 13.1. The molecule has 1 N–H and O–H groups in total. The van der Waals surface area contributed by atoms with Gasteiger partial charge in [-0.1, -0.05) is 6.92 Å². The Morgan fingerprint density at radius 1 is 1.24 bits per heavy atom. The molecule has 2 fully saturated rings. The van der Waals surface area contributed by atoms with E-state index in [1.54, 1.807) is 0 Å². The quantitative estimate of drug-likeness (QED) is 0.736. The van der Waals surface area contributed by atoms with E-state index in [4.69, 9.17) is 4.74 Å². The SMILES string of the molecule is CCOC(=O)C(CC)N1CCCC1C(=O)N1CCNCC1. The summed E-state index contributed by atoms with van der Waals surface area (Å²) < 4.78 is 5.17. The largest absolute Gasteiger partial charge is 0.465 e. The Labute approximate surface area is 126 Å². The molecular formula is C15H27N3O3. The minimum atomic E-state index is -0.288. The first-order chi connectivity index (χ1) is 10.2. The second-order valence-corrected chi connectivity index (χ2v) is 5.65. The van der Waals surface area contributed by atoms with Gasteiger partial charge in [0.15, 0.2) is 0 Å². The number of ether oxygens (including phenoxy) is 1. The van der Waals surface area contributed by atoms with Crippen molar-refractivity contribution in [3.05, 3.63) is 0 Å². The maximum Gasteiger partial charge on any atom is 0.323 e. The molecule has 1 amide bonds. The Kier molecular flexibility index (Phi) is 5.99. The fourth-order valence-corrected chi connectivity index (χ4v) is 3.30. The molecule has 21 heavy (non-hydrogen) atoms. The number of rotatable bonds is 5. The molecule has 120 valence electrons. The first-order valence-corrected chi connectivity index (χ1v) is 8.10. The van der Waals surface area contributed by atoms with Crippen LogP contribution in [0.1, 0.15) is 33.1 Å². The van der Waals surface area contributed by atoms with E-state index < -0.39 is 0 Å². The molecule has 2 aliphatic heterocycles. The molecule has 2 heterocycles. The van der Waals surface area contributed by atoms with Gasteiger partial charge in [0.05, 0.1) is 12.6 Å². The summed E-state index contributed by atoms with van der Waals surface area (Å²) in [5.74, 6) is -0.0169. The fraction of sp³-hybridized carbons (Fsp3) is 0.867. The van der Waals surface area contributed by atoms with E-state index in [0.29, 0.717) is 13.0 Å². The molecule has 6 nitrogen and oxygen atoms in total. The van der Waals surface area contributed by atoms with Crippen molar-refractivity contribution in [3.8, 4) is 0 Å². The third-order valence-electron chi connectivity index (χ3n) is 4.35. The van der Waals surface area contributed by atoms with E-state index in [1.807, 2.05) is 18.7 Å². The summed E-state index contributed by atoms with van der Waals surface area (Å²) in [6.07, 6.45) is 2.50. The smallest absolute Gasteiger partial charge is 0.323 e. The van der Waals surface area contributed by atoms with Crippen molar-refractivity contribution >= 4 is 11.9 Å². The van der Waals surface area contributed by atoms with E-state index >= 15 is 0 Å². The van der Waals surface area contributed by atoms with Gasteiger partial charge in [-0.15, -0.1) is 0 Å². The number of esters is 1. The van der Waals surface area contributed by atoms with Gasteiger partial charge >= 0.3 is 5.97 Å². The highest BCUT2D eigenvalue weighted by Crippen LogP contribution is 2.24. The summed E-state index contributed by atoms with van der Waals surface area (Å²) in [5.41, 5.74) is 0. The van der Waals surface area contributed by atoms with E-state index in [9.17, 15) is 9.59 Å². The summed E-state index contributed by atoms with van der Waals surface area (Å²) in [5, 5.41) is 3.26. The average molecular weight is 297 g/mol. The van der Waals surface area contributed by atoms with Crippen molar-refractivity contribution in [3.63, 3.8) is 0 Å². The van der Waals surface area contributed by atoms with Crippen LogP contribution in [0.3, 0.4) is 0 Å². The van der Waals surface area contributed by atoms with Crippen molar-refractivity contribution in [2.75, 3.05) is 39.3 Å². The average Bonchev–Trinajstić information content (AvgIpc) is 2.98. The van der Waals surface area contributed by atoms with E-state index in [1.165, 1.54) is 0 Å². The van der Waals surface area contributed by atoms with Crippen LogP contribution in [0.25, 0.3) is 0 Å². The number of carbonyl (C=O) groups is 2. The summed E-state index contributed by atoms with van der Waals surface area (Å²) in [6, 6.07) is -0.443. The molecule has 2 atom stereocenters. The Hall–Kier alpha value is -1.14. The zero-order valence-electron chi connectivity index (χ0n) is 13.1. The number of hydrogen-bond acceptors (Lipinski definition) is 5. The maximum atomic E-state index is 12.7. The summed E-state index contributed by atoms with van der Waals surface area (Å²) in [7, 11) is 0. The molecule has 6 heteroatoms. The van der Waals surface area contributed by atoms with Crippen LogP contribution in [-0.4, -0.2) is 73.1 Å². The van der Waals surface area contributed by atoms with Crippen LogP contribution >= 0.6 is 0 Å². The minimum absolute atomic E-state index is 0.155. The van der Waals surface area contributed by atoms with Gasteiger partial charge < -0.3 is 15.0 Å². The van der Waals surface area contributed by atoms with Gasteiger partial charge in [-0.05, 0) is 32.7 Å². The molecule has 2 saturated heterocycles. The number of nitrogens with zero attached hydrogens (tertiary/aromatic N) is 2. The molecule has 0 aromatic rings. The van der Waals surface area contributed by atoms with E-state index in [2.05, 4.69) is 10.2 Å². The highest BCUT2D eigenvalue weighted by molar-refractivity contribution is 5.84. The summed E-state index contributed by atoms with van der Waals surface area (Å²) in [4.78, 5) is 28.8. The molecule has 0 radical (unpaired) electrons.